The molecule has 25 heavy (non-hydrogen) atoms. The Morgan fingerprint density at radius 1 is 1.52 bits per heavy atom. The number of amides is 2. The molecule has 2 fully saturated rings. The summed E-state index contributed by atoms with van der Waals surface area (Å²) in [6.45, 7) is 4.07. The Bertz CT molecular complexity index is 659. The highest BCUT2D eigenvalue weighted by Gasteiger charge is 2.55. The van der Waals surface area contributed by atoms with Gasteiger partial charge in [-0.1, -0.05) is 6.42 Å². The molecule has 1 aromatic heterocycles. The molecule has 138 valence electrons. The molecule has 1 aromatic rings. The molecule has 0 spiro atoms. The summed E-state index contributed by atoms with van der Waals surface area (Å²) in [5.41, 5.74) is 0.129. The predicted molar refractivity (Wildman–Crippen MR) is 91.5 cm³/mol. The minimum absolute atomic E-state index is 0.0587. The van der Waals surface area contributed by atoms with Gasteiger partial charge in [0.2, 0.25) is 0 Å². The Hall–Kier alpha value is -2.09. The molecule has 2 N–H and O–H groups in total. The van der Waals surface area contributed by atoms with Crippen LogP contribution >= 0.6 is 0 Å². The maximum Gasteiger partial charge on any atom is 0.323 e. The number of nitrogens with one attached hydrogen (secondary N) is 1. The number of aromatic nitrogens is 2. The summed E-state index contributed by atoms with van der Waals surface area (Å²) < 4.78 is 6.83. The van der Waals surface area contributed by atoms with Crippen molar-refractivity contribution in [3.63, 3.8) is 0 Å². The quantitative estimate of drug-likeness (QED) is 0.764. The van der Waals surface area contributed by atoms with Crippen molar-refractivity contribution in [2.45, 2.75) is 39.2 Å². The van der Waals surface area contributed by atoms with E-state index in [0.717, 1.165) is 31.4 Å². The summed E-state index contributed by atoms with van der Waals surface area (Å²) in [4.78, 5) is 25.9. The van der Waals surface area contributed by atoms with Gasteiger partial charge >= 0.3 is 12.0 Å². The predicted octanol–water partition coefficient (Wildman–Crippen LogP) is 1.95. The summed E-state index contributed by atoms with van der Waals surface area (Å²) >= 11 is 0. The zero-order chi connectivity index (χ0) is 18.0. The number of urea groups is 1. The lowest BCUT2D eigenvalue weighted by Crippen LogP contribution is -2.38. The molecule has 2 aliphatic rings. The summed E-state index contributed by atoms with van der Waals surface area (Å²) in [6, 6.07) is -0.264. The van der Waals surface area contributed by atoms with Gasteiger partial charge in [-0.15, -0.1) is 0 Å². The third-order valence-corrected chi connectivity index (χ3v) is 5.49. The molecule has 3 rings (SSSR count). The number of rotatable bonds is 6. The van der Waals surface area contributed by atoms with Crippen LogP contribution in [0.3, 0.4) is 0 Å². The number of aryl methyl sites for hydroxylation is 2. The van der Waals surface area contributed by atoms with Crippen molar-refractivity contribution in [3.8, 4) is 0 Å². The van der Waals surface area contributed by atoms with Crippen LogP contribution in [0.2, 0.25) is 0 Å². The maximum absolute atomic E-state index is 12.6. The zero-order valence-electron chi connectivity index (χ0n) is 14.8. The molecule has 1 aliphatic heterocycles. The first-order chi connectivity index (χ1) is 12.0. The number of likely N-dealkylation sites (tertiary alicyclic amines) is 1. The van der Waals surface area contributed by atoms with Gasteiger partial charge < -0.3 is 14.7 Å². The summed E-state index contributed by atoms with van der Waals surface area (Å²) in [6.07, 6.45) is 5.20. The second-order valence-corrected chi connectivity index (χ2v) is 7.13. The highest BCUT2D eigenvalue weighted by molar-refractivity contribution is 5.90. The molecular formula is C17H26N4O4. The van der Waals surface area contributed by atoms with Gasteiger partial charge in [0, 0.05) is 45.1 Å². The van der Waals surface area contributed by atoms with Crippen molar-refractivity contribution in [2.24, 2.45) is 11.3 Å². The van der Waals surface area contributed by atoms with Crippen molar-refractivity contribution in [1.29, 1.82) is 0 Å². The van der Waals surface area contributed by atoms with Crippen LogP contribution < -0.4 is 5.32 Å². The lowest BCUT2D eigenvalue weighted by molar-refractivity contribution is -0.149. The van der Waals surface area contributed by atoms with Gasteiger partial charge in [-0.2, -0.15) is 5.10 Å². The molecule has 0 bridgehead atoms. The SMILES string of the molecule is COCCCn1cc(C)c(NC(=O)N2C[C@@H]3CCC[C@@]3(C(=O)O)C2)n1. The average Bonchev–Trinajstić information content (AvgIpc) is 3.20. The van der Waals surface area contributed by atoms with E-state index >= 15 is 0 Å². The number of ether oxygens (including phenoxy) is 1. The van der Waals surface area contributed by atoms with Crippen LogP contribution in [0.15, 0.2) is 6.20 Å². The molecule has 8 heteroatoms. The minimum atomic E-state index is -0.774. The van der Waals surface area contributed by atoms with Crippen LogP contribution in [0.5, 0.6) is 0 Å². The molecule has 8 nitrogen and oxygen atoms in total. The Morgan fingerprint density at radius 3 is 3.00 bits per heavy atom. The van der Waals surface area contributed by atoms with Crippen LogP contribution in [0.4, 0.5) is 10.6 Å². The van der Waals surface area contributed by atoms with E-state index in [1.165, 1.54) is 0 Å². The van der Waals surface area contributed by atoms with Gasteiger partial charge in [0.1, 0.15) is 0 Å². The number of carboxylic acid groups (broad SMARTS) is 1. The number of methoxy groups -OCH3 is 1. The largest absolute Gasteiger partial charge is 0.481 e. The van der Waals surface area contributed by atoms with Gasteiger partial charge in [0.05, 0.1) is 5.41 Å². The van der Waals surface area contributed by atoms with E-state index in [1.54, 1.807) is 16.7 Å². The number of nitrogens with zero attached hydrogens (tertiary/aromatic N) is 3. The number of aliphatic carboxylic acids is 1. The van der Waals surface area contributed by atoms with Crippen molar-refractivity contribution >= 4 is 17.8 Å². The Balaban J connectivity index is 1.62. The summed E-state index contributed by atoms with van der Waals surface area (Å²) in [7, 11) is 1.66. The molecule has 0 unspecified atom stereocenters. The molecule has 0 radical (unpaired) electrons. The topological polar surface area (TPSA) is 96.7 Å². The Morgan fingerprint density at radius 2 is 2.32 bits per heavy atom. The summed E-state index contributed by atoms with van der Waals surface area (Å²) in [5.74, 6) is -0.184. The number of carboxylic acids is 1. The lowest BCUT2D eigenvalue weighted by atomic mass is 9.81. The van der Waals surface area contributed by atoms with Crippen molar-refractivity contribution in [1.82, 2.24) is 14.7 Å². The Labute approximate surface area is 147 Å². The monoisotopic (exact) mass is 350 g/mol. The van der Waals surface area contributed by atoms with E-state index in [9.17, 15) is 14.7 Å². The first kappa shape index (κ1) is 17.7. The molecule has 1 saturated heterocycles. The fourth-order valence-corrected chi connectivity index (χ4v) is 4.10. The van der Waals surface area contributed by atoms with E-state index in [4.69, 9.17) is 4.74 Å². The molecule has 2 heterocycles. The van der Waals surface area contributed by atoms with E-state index < -0.39 is 11.4 Å². The van der Waals surface area contributed by atoms with Crippen molar-refractivity contribution < 1.29 is 19.4 Å². The standard InChI is InChI=1S/C17H26N4O4/c1-12-9-21(7-4-8-25-2)19-14(12)18-16(24)20-10-13-5-3-6-17(13,11-20)15(22)23/h9,13H,3-8,10-11H2,1-2H3,(H,22,23)(H,18,19,24)/t13-,17+/m0/s1. The second-order valence-electron chi connectivity index (χ2n) is 7.13. The number of anilines is 1. The smallest absolute Gasteiger partial charge is 0.323 e. The molecule has 2 atom stereocenters. The zero-order valence-corrected chi connectivity index (χ0v) is 14.8. The first-order valence-corrected chi connectivity index (χ1v) is 8.78. The maximum atomic E-state index is 12.6. The van der Waals surface area contributed by atoms with Crippen LogP contribution in [0.1, 0.15) is 31.2 Å². The van der Waals surface area contributed by atoms with Crippen molar-refractivity contribution in [2.75, 3.05) is 32.1 Å². The van der Waals surface area contributed by atoms with Crippen LogP contribution in [-0.4, -0.2) is 58.6 Å². The van der Waals surface area contributed by atoms with Gasteiger partial charge in [-0.05, 0) is 32.1 Å². The van der Waals surface area contributed by atoms with Gasteiger partial charge in [-0.25, -0.2) is 4.79 Å². The molecule has 0 aromatic carbocycles. The summed E-state index contributed by atoms with van der Waals surface area (Å²) in [5, 5.41) is 16.9. The van der Waals surface area contributed by atoms with Crippen LogP contribution in [0, 0.1) is 18.3 Å². The van der Waals surface area contributed by atoms with Crippen LogP contribution in [0.25, 0.3) is 0 Å². The molecule has 2 amide bonds. The van der Waals surface area contributed by atoms with E-state index in [0.29, 0.717) is 25.4 Å². The third-order valence-electron chi connectivity index (χ3n) is 5.49. The normalized spacial score (nSPS) is 25.2. The fourth-order valence-electron chi connectivity index (χ4n) is 4.10. The van der Waals surface area contributed by atoms with Gasteiger partial charge in [0.15, 0.2) is 5.82 Å². The molecule has 1 aliphatic carbocycles. The number of hydrogen-bond acceptors (Lipinski definition) is 4. The van der Waals surface area contributed by atoms with Gasteiger partial charge in [-0.3, -0.25) is 14.8 Å². The first-order valence-electron chi connectivity index (χ1n) is 8.78. The van der Waals surface area contributed by atoms with E-state index in [1.807, 2.05) is 13.1 Å². The minimum Gasteiger partial charge on any atom is -0.481 e. The number of carbonyl (C=O) groups is 2. The lowest BCUT2D eigenvalue weighted by Gasteiger charge is -2.23. The van der Waals surface area contributed by atoms with Crippen molar-refractivity contribution in [3.05, 3.63) is 11.8 Å². The number of fused-ring (bicyclic) bond motifs is 1. The second kappa shape index (κ2) is 7.03. The van der Waals surface area contributed by atoms with Gasteiger partial charge in [0.25, 0.3) is 0 Å². The highest BCUT2D eigenvalue weighted by Crippen LogP contribution is 2.48. The van der Waals surface area contributed by atoms with E-state index in [-0.39, 0.29) is 18.5 Å². The number of carbonyl (C=O) groups excluding carboxylic acids is 1. The fraction of sp³-hybridized carbons (Fsp3) is 0.706. The highest BCUT2D eigenvalue weighted by atomic mass is 16.5. The Kier molecular flexibility index (Phi) is 4.99. The third kappa shape index (κ3) is 3.35. The average molecular weight is 350 g/mol. The van der Waals surface area contributed by atoms with E-state index in [2.05, 4.69) is 10.4 Å². The number of hydrogen-bond donors (Lipinski definition) is 2. The van der Waals surface area contributed by atoms with Crippen LogP contribution in [-0.2, 0) is 16.1 Å². The molecule has 1 saturated carbocycles. The molecular weight excluding hydrogens is 324 g/mol.